The third-order valence-electron chi connectivity index (χ3n) is 5.14. The number of nitrogens with zero attached hydrogens (tertiary/aromatic N) is 1. The summed E-state index contributed by atoms with van der Waals surface area (Å²) >= 11 is 0. The Morgan fingerprint density at radius 2 is 1.48 bits per heavy atom. The molecule has 0 aromatic carbocycles. The lowest BCUT2D eigenvalue weighted by molar-refractivity contribution is 0.0708. The summed E-state index contributed by atoms with van der Waals surface area (Å²) in [6.07, 6.45) is 6.87. The van der Waals surface area contributed by atoms with Crippen LogP contribution in [0.2, 0.25) is 10.7 Å². The molecule has 0 rings (SSSR count). The fourth-order valence-electron chi connectivity index (χ4n) is 3.66. The Balaban J connectivity index is 4.50. The Hall–Kier alpha value is 0.371. The van der Waals surface area contributed by atoms with E-state index in [2.05, 4.69) is 31.2 Å². The summed E-state index contributed by atoms with van der Waals surface area (Å²) < 4.78 is 29.5. The Kier molecular flexibility index (Phi) is 19.0. The van der Waals surface area contributed by atoms with Gasteiger partial charge in [-0.15, -0.1) is 0 Å². The summed E-state index contributed by atoms with van der Waals surface area (Å²) in [7, 11) is 4.80. The molecule has 1 atom stereocenters. The van der Waals surface area contributed by atoms with Crippen LogP contribution in [0.25, 0.3) is 0 Å². The van der Waals surface area contributed by atoms with Gasteiger partial charge in [0.2, 0.25) is 0 Å². The van der Waals surface area contributed by atoms with Crippen molar-refractivity contribution < 1.29 is 22.1 Å². The summed E-state index contributed by atoms with van der Waals surface area (Å²) in [6, 6.07) is 0.854. The predicted octanol–water partition coefficient (Wildman–Crippen LogP) is 3.30. The van der Waals surface area contributed by atoms with Crippen LogP contribution in [0.1, 0.15) is 59.8 Å². The van der Waals surface area contributed by atoms with Crippen LogP contribution in [0.3, 0.4) is 0 Å². The Morgan fingerprint density at radius 1 is 0.903 bits per heavy atom. The highest BCUT2D eigenvalue weighted by Crippen LogP contribution is 2.35. The molecule has 0 aliphatic rings. The largest absolute Gasteiger partial charge is 0.500 e. The van der Waals surface area contributed by atoms with Crippen molar-refractivity contribution in [2.45, 2.75) is 70.5 Å². The number of hydrogen-bond donors (Lipinski definition) is 1. The first-order valence-corrected chi connectivity index (χ1v) is 16.3. The molecule has 0 aliphatic carbocycles. The van der Waals surface area contributed by atoms with Gasteiger partial charge in [-0.2, -0.15) is 0 Å². The van der Waals surface area contributed by atoms with Crippen LogP contribution >= 0.6 is 0 Å². The molecule has 0 spiro atoms. The van der Waals surface area contributed by atoms with Gasteiger partial charge in [0.25, 0.3) is 0 Å². The van der Waals surface area contributed by atoms with Crippen molar-refractivity contribution in [3.05, 3.63) is 0 Å². The topological polar surface area (TPSA) is 61.4 Å². The fraction of sp³-hybridized carbons (Fsp3) is 1.00. The molecule has 0 saturated heterocycles. The van der Waals surface area contributed by atoms with Crippen LogP contribution in [0.15, 0.2) is 0 Å². The Labute approximate surface area is 197 Å². The molecule has 0 heterocycles. The molecule has 31 heavy (non-hydrogen) atoms. The van der Waals surface area contributed by atoms with Gasteiger partial charge in [-0.05, 0) is 73.4 Å². The van der Waals surface area contributed by atoms with Gasteiger partial charge < -0.3 is 32.3 Å². The van der Waals surface area contributed by atoms with Crippen LogP contribution in [-0.2, 0) is 22.1 Å². The molecular weight excluding hydrogens is 444 g/mol. The van der Waals surface area contributed by atoms with Crippen LogP contribution in [-0.4, -0.2) is 99.9 Å². The fourth-order valence-corrected chi connectivity index (χ4v) is 10.2. The van der Waals surface area contributed by atoms with Crippen molar-refractivity contribution in [2.75, 3.05) is 67.4 Å². The molecule has 3 radical (unpaired) electrons. The monoisotopic (exact) mass is 493 g/mol. The van der Waals surface area contributed by atoms with Crippen LogP contribution in [0, 0.1) is 0 Å². The average molecular weight is 494 g/mol. The summed E-state index contributed by atoms with van der Waals surface area (Å²) in [6.45, 7) is 12.4. The van der Waals surface area contributed by atoms with E-state index in [1.165, 1.54) is 19.3 Å². The maximum atomic E-state index is 5.95. The quantitative estimate of drug-likeness (QED) is 0.183. The van der Waals surface area contributed by atoms with E-state index in [-0.39, 0.29) is 4.66 Å². The molecule has 0 fully saturated rings. The van der Waals surface area contributed by atoms with Crippen LogP contribution in [0.5, 0.6) is 0 Å². The SMILES string of the molecule is CCO[Si](CCCNC[Si]C(C)(CCCCCN(C)C)[Si](OC)OC)(OCC)OCC. The zero-order valence-electron chi connectivity index (χ0n) is 21.5. The molecule has 10 heteroatoms. The Morgan fingerprint density at radius 3 is 1.97 bits per heavy atom. The average Bonchev–Trinajstić information content (AvgIpc) is 2.71. The molecular formula is C21H49N2O5Si3. The highest BCUT2D eigenvalue weighted by atomic mass is 28.4. The summed E-state index contributed by atoms with van der Waals surface area (Å²) in [5.74, 6) is 0. The summed E-state index contributed by atoms with van der Waals surface area (Å²) in [5, 5.41) is 3.63. The molecule has 7 nitrogen and oxygen atoms in total. The van der Waals surface area contributed by atoms with E-state index in [1.807, 2.05) is 20.8 Å². The summed E-state index contributed by atoms with van der Waals surface area (Å²) in [5.41, 5.74) is 0. The first-order chi connectivity index (χ1) is 14.8. The first kappa shape index (κ1) is 31.4. The lowest BCUT2D eigenvalue weighted by Crippen LogP contribution is -2.46. The smallest absolute Gasteiger partial charge is 0.397 e. The molecule has 0 aliphatic heterocycles. The van der Waals surface area contributed by atoms with Crippen molar-refractivity contribution in [3.63, 3.8) is 0 Å². The molecule has 0 aromatic heterocycles. The molecule has 0 amide bonds. The second kappa shape index (κ2) is 18.8. The first-order valence-electron chi connectivity index (χ1n) is 11.8. The van der Waals surface area contributed by atoms with Crippen molar-refractivity contribution in [2.24, 2.45) is 0 Å². The molecule has 0 saturated carbocycles. The second-order valence-electron chi connectivity index (χ2n) is 8.08. The standard InChI is InChI=1S/C21H49N2O5Si3/c1-9-26-31(27-10-2,28-11-3)19-15-17-22-20-29-21(4,30(24-7)25-8)16-13-12-14-18-23(5)6/h22H,9-20H2,1-8H3. The maximum Gasteiger partial charge on any atom is 0.500 e. The molecule has 0 bridgehead atoms. The third-order valence-corrected chi connectivity index (χ3v) is 12.8. The van der Waals surface area contributed by atoms with E-state index in [0.29, 0.717) is 19.8 Å². The van der Waals surface area contributed by atoms with Gasteiger partial charge in [0.05, 0.1) is 9.52 Å². The maximum absolute atomic E-state index is 5.95. The van der Waals surface area contributed by atoms with Crippen molar-refractivity contribution >= 4 is 27.6 Å². The number of unbranched alkanes of at least 4 members (excludes halogenated alkanes) is 2. The van der Waals surface area contributed by atoms with Crippen molar-refractivity contribution in [1.29, 1.82) is 0 Å². The molecule has 185 valence electrons. The van der Waals surface area contributed by atoms with Crippen molar-refractivity contribution in [1.82, 2.24) is 10.2 Å². The van der Waals surface area contributed by atoms with Gasteiger partial charge in [-0.1, -0.05) is 19.8 Å². The van der Waals surface area contributed by atoms with Crippen LogP contribution in [0.4, 0.5) is 0 Å². The third kappa shape index (κ3) is 13.6. The van der Waals surface area contributed by atoms with Gasteiger partial charge >= 0.3 is 18.1 Å². The van der Waals surface area contributed by atoms with Gasteiger partial charge in [0, 0.05) is 44.7 Å². The number of hydrogen-bond acceptors (Lipinski definition) is 7. The number of rotatable bonds is 22. The minimum atomic E-state index is -2.53. The van der Waals surface area contributed by atoms with E-state index in [4.69, 9.17) is 22.1 Å². The van der Waals surface area contributed by atoms with Gasteiger partial charge in [-0.3, -0.25) is 0 Å². The number of nitrogens with one attached hydrogen (secondary N) is 1. The Bertz CT molecular complexity index is 403. The van der Waals surface area contributed by atoms with E-state index in [1.54, 1.807) is 14.2 Å². The zero-order valence-corrected chi connectivity index (χ0v) is 24.5. The summed E-state index contributed by atoms with van der Waals surface area (Å²) in [4.78, 5) is 2.25. The van der Waals surface area contributed by atoms with E-state index in [0.717, 1.165) is 47.7 Å². The van der Waals surface area contributed by atoms with Gasteiger partial charge in [0.1, 0.15) is 0 Å². The second-order valence-corrected chi connectivity index (χ2v) is 15.6. The molecule has 1 N–H and O–H groups in total. The zero-order chi connectivity index (χ0) is 23.6. The predicted molar refractivity (Wildman–Crippen MR) is 134 cm³/mol. The minimum absolute atomic E-state index is 0.125. The normalized spacial score (nSPS) is 14.5. The molecule has 0 aromatic rings. The lowest BCUT2D eigenvalue weighted by atomic mass is 10.1. The van der Waals surface area contributed by atoms with Gasteiger partial charge in [0.15, 0.2) is 0 Å². The van der Waals surface area contributed by atoms with E-state index in [9.17, 15) is 0 Å². The van der Waals surface area contributed by atoms with E-state index < -0.39 is 18.1 Å². The van der Waals surface area contributed by atoms with E-state index >= 15 is 0 Å². The lowest BCUT2D eigenvalue weighted by Gasteiger charge is -2.32. The highest BCUT2D eigenvalue weighted by molar-refractivity contribution is 6.66. The minimum Gasteiger partial charge on any atom is -0.397 e. The van der Waals surface area contributed by atoms with Crippen molar-refractivity contribution in [3.8, 4) is 0 Å². The highest BCUT2D eigenvalue weighted by Gasteiger charge is 2.40. The van der Waals surface area contributed by atoms with Gasteiger partial charge in [-0.25, -0.2) is 0 Å². The van der Waals surface area contributed by atoms with Crippen LogP contribution < -0.4 is 5.32 Å². The molecule has 1 unspecified atom stereocenters.